The van der Waals surface area contributed by atoms with Crippen molar-refractivity contribution < 1.29 is 19.1 Å². The second-order valence-corrected chi connectivity index (χ2v) is 13.9. The van der Waals surface area contributed by atoms with Crippen LogP contribution in [0.5, 0.6) is 5.75 Å². The molecule has 0 atom stereocenters. The van der Waals surface area contributed by atoms with Crippen LogP contribution in [0.2, 0.25) is 0 Å². The predicted octanol–water partition coefficient (Wildman–Crippen LogP) is 9.99. The number of unbranched alkanes of at least 4 members (excludes halogenated alkanes) is 7. The monoisotopic (exact) mass is 976 g/mol. The summed E-state index contributed by atoms with van der Waals surface area (Å²) in [6.07, 6.45) is 9.39. The van der Waals surface area contributed by atoms with Crippen LogP contribution in [0.3, 0.4) is 0 Å². The number of ether oxygens (including phenoxy) is 1. The molecule has 2 aromatic rings. The minimum absolute atomic E-state index is 0.111. The molecule has 1 aliphatic carbocycles. The van der Waals surface area contributed by atoms with Crippen LogP contribution in [0.4, 0.5) is 0 Å². The Morgan fingerprint density at radius 3 is 2.26 bits per heavy atom. The Hall–Kier alpha value is -0.680. The first-order valence-corrected chi connectivity index (χ1v) is 17.3. The zero-order valence-corrected chi connectivity index (χ0v) is 30.1. The lowest BCUT2D eigenvalue weighted by atomic mass is 9.91. The van der Waals surface area contributed by atoms with Gasteiger partial charge in [0, 0.05) is 16.5 Å². The number of aromatic hydroxyl groups is 1. The number of carbonyl (C=O) groups is 1. The van der Waals surface area contributed by atoms with Crippen molar-refractivity contribution in [3.8, 4) is 28.2 Å². The molecule has 9 heteroatoms. The maximum atomic E-state index is 13.4. The van der Waals surface area contributed by atoms with Gasteiger partial charge in [0.05, 0.1) is 22.9 Å². The summed E-state index contributed by atoms with van der Waals surface area (Å²) in [5.74, 6) is 0.187. The molecule has 2 aromatic carbocycles. The molecule has 0 bridgehead atoms. The van der Waals surface area contributed by atoms with E-state index in [-0.39, 0.29) is 17.1 Å². The predicted molar refractivity (Wildman–Crippen MR) is 190 cm³/mol. The van der Waals surface area contributed by atoms with E-state index in [2.05, 4.69) is 52.1 Å². The second-order valence-electron chi connectivity index (χ2n) is 9.41. The van der Waals surface area contributed by atoms with Crippen molar-refractivity contribution in [1.29, 1.82) is 0 Å². The normalized spacial score (nSPS) is 11.4. The molecule has 0 saturated heterocycles. The lowest BCUT2D eigenvalue weighted by molar-refractivity contribution is 0.0498. The third kappa shape index (κ3) is 7.04. The molecule has 0 unspecified atom stereocenters. The van der Waals surface area contributed by atoms with E-state index in [1.807, 2.05) is 75.5 Å². The molecule has 2 aliphatic rings. The van der Waals surface area contributed by atoms with Crippen LogP contribution >= 0.6 is 90.4 Å². The topological polar surface area (TPSA) is 76.7 Å². The number of phenols is 1. The SMILES string of the molecule is CCCCCCCCCCOC(=O)c1ccccc1-c1c2cc(I)c(=O)c(I)c-2oc2c(I)c(O)c(I)cc12. The van der Waals surface area contributed by atoms with Crippen molar-refractivity contribution in [2.75, 3.05) is 6.61 Å². The van der Waals surface area contributed by atoms with E-state index in [0.29, 0.717) is 43.4 Å². The van der Waals surface area contributed by atoms with Gasteiger partial charge in [0.2, 0.25) is 5.43 Å². The fraction of sp³-hybridized carbons (Fsp3) is 0.333. The van der Waals surface area contributed by atoms with E-state index in [0.717, 1.165) is 35.8 Å². The van der Waals surface area contributed by atoms with Gasteiger partial charge >= 0.3 is 5.97 Å². The summed E-state index contributed by atoms with van der Waals surface area (Å²) in [5, 5.41) is 11.4. The van der Waals surface area contributed by atoms with Crippen LogP contribution in [0.15, 0.2) is 45.6 Å². The first-order chi connectivity index (χ1) is 18.8. The summed E-state index contributed by atoms with van der Waals surface area (Å²) < 4.78 is 14.3. The van der Waals surface area contributed by atoms with Crippen molar-refractivity contribution in [2.24, 2.45) is 0 Å². The average molecular weight is 976 g/mol. The number of hydrogen-bond donors (Lipinski definition) is 1. The number of esters is 1. The van der Waals surface area contributed by atoms with Crippen LogP contribution in [-0.2, 0) is 4.74 Å². The molecule has 0 spiro atoms. The molecule has 1 heterocycles. The zero-order valence-electron chi connectivity index (χ0n) is 21.4. The number of rotatable bonds is 11. The zero-order chi connectivity index (χ0) is 28.1. The number of carbonyl (C=O) groups excluding carboxylic acids is 1. The van der Waals surface area contributed by atoms with Gasteiger partial charge < -0.3 is 14.3 Å². The molecule has 1 aliphatic heterocycles. The lowest BCUT2D eigenvalue weighted by Crippen LogP contribution is -2.13. The van der Waals surface area contributed by atoms with Gasteiger partial charge in [-0.2, -0.15) is 0 Å². The van der Waals surface area contributed by atoms with E-state index in [1.165, 1.54) is 32.1 Å². The Kier molecular flexibility index (Phi) is 11.6. The highest BCUT2D eigenvalue weighted by Crippen LogP contribution is 2.46. The van der Waals surface area contributed by atoms with Gasteiger partial charge in [0.15, 0.2) is 11.3 Å². The summed E-state index contributed by atoms with van der Waals surface area (Å²) in [7, 11) is 0. The van der Waals surface area contributed by atoms with Crippen LogP contribution < -0.4 is 5.43 Å². The number of fused-ring (bicyclic) bond motifs is 2. The minimum atomic E-state index is -0.372. The van der Waals surface area contributed by atoms with E-state index < -0.39 is 0 Å². The third-order valence-corrected chi connectivity index (χ3v) is 10.3. The van der Waals surface area contributed by atoms with Crippen molar-refractivity contribution in [2.45, 2.75) is 58.3 Å². The van der Waals surface area contributed by atoms with E-state index >= 15 is 0 Å². The fourth-order valence-corrected chi connectivity index (χ4v) is 8.22. The van der Waals surface area contributed by atoms with Gasteiger partial charge in [-0.1, -0.05) is 70.1 Å². The van der Waals surface area contributed by atoms with Gasteiger partial charge in [-0.3, -0.25) is 4.79 Å². The summed E-state index contributed by atoms with van der Waals surface area (Å²) in [6.45, 7) is 2.60. The van der Waals surface area contributed by atoms with Crippen LogP contribution in [0, 0.1) is 14.3 Å². The van der Waals surface area contributed by atoms with Gasteiger partial charge in [-0.05, 0) is 121 Å². The molecular formula is C30H28I4O5. The molecule has 0 fully saturated rings. The Morgan fingerprint density at radius 2 is 1.54 bits per heavy atom. The Balaban J connectivity index is 1.71. The number of halogens is 4. The van der Waals surface area contributed by atoms with Gasteiger partial charge in [0.25, 0.3) is 0 Å². The maximum Gasteiger partial charge on any atom is 0.338 e. The van der Waals surface area contributed by atoms with Gasteiger partial charge in [-0.15, -0.1) is 0 Å². The molecule has 0 radical (unpaired) electrons. The fourth-order valence-electron chi connectivity index (χ4n) is 4.64. The van der Waals surface area contributed by atoms with Crippen LogP contribution in [0.1, 0.15) is 68.6 Å². The molecule has 206 valence electrons. The number of benzene rings is 3. The third-order valence-electron chi connectivity index (χ3n) is 6.67. The van der Waals surface area contributed by atoms with Gasteiger partial charge in [-0.25, -0.2) is 4.79 Å². The van der Waals surface area contributed by atoms with E-state index in [1.54, 1.807) is 6.07 Å². The second kappa shape index (κ2) is 14.5. The van der Waals surface area contributed by atoms with Crippen molar-refractivity contribution in [3.63, 3.8) is 0 Å². The van der Waals surface area contributed by atoms with Crippen molar-refractivity contribution >= 4 is 107 Å². The first kappa shape index (κ1) is 31.3. The van der Waals surface area contributed by atoms with Crippen LogP contribution in [0.25, 0.3) is 33.4 Å². The highest BCUT2D eigenvalue weighted by atomic mass is 127. The Bertz CT molecular complexity index is 1530. The maximum absolute atomic E-state index is 13.4. The first-order valence-electron chi connectivity index (χ1n) is 13.0. The molecule has 0 aromatic heterocycles. The highest BCUT2D eigenvalue weighted by Gasteiger charge is 2.27. The molecule has 1 N–H and O–H groups in total. The largest absolute Gasteiger partial charge is 0.506 e. The lowest BCUT2D eigenvalue weighted by Gasteiger charge is -2.20. The molecule has 4 rings (SSSR count). The van der Waals surface area contributed by atoms with Crippen molar-refractivity contribution in [1.82, 2.24) is 0 Å². The quantitative estimate of drug-likeness (QED) is 0.0702. The summed E-state index contributed by atoms with van der Waals surface area (Å²) in [4.78, 5) is 26.2. The molecular weight excluding hydrogens is 948 g/mol. The number of hydrogen-bond acceptors (Lipinski definition) is 5. The van der Waals surface area contributed by atoms with E-state index in [4.69, 9.17) is 9.15 Å². The summed E-state index contributed by atoms with van der Waals surface area (Å²) in [5.41, 5.74) is 3.03. The van der Waals surface area contributed by atoms with Crippen LogP contribution in [-0.4, -0.2) is 17.7 Å². The van der Waals surface area contributed by atoms with Crippen molar-refractivity contribution in [3.05, 3.63) is 66.5 Å². The summed E-state index contributed by atoms with van der Waals surface area (Å²) >= 11 is 8.22. The molecule has 5 nitrogen and oxygen atoms in total. The van der Waals surface area contributed by atoms with Gasteiger partial charge in [0.1, 0.15) is 9.32 Å². The average Bonchev–Trinajstić information content (AvgIpc) is 2.93. The highest BCUT2D eigenvalue weighted by molar-refractivity contribution is 14.1. The summed E-state index contributed by atoms with van der Waals surface area (Å²) in [6, 6.07) is 11.1. The number of phenolic OH excluding ortho intramolecular Hbond substituents is 1. The standard InChI is InChI=1S/C30H28I4O5/c1-2-3-4-5-6-7-8-11-14-38-30(37)18-13-10-9-12-17(18)23-19-15-21(31)26(35)24(33)28(19)39-29-20(23)16-22(32)27(36)25(29)34/h9-10,12-13,15-16,35H,2-8,11,14H2,1H3. The van der Waals surface area contributed by atoms with E-state index in [9.17, 15) is 14.7 Å². The molecule has 39 heavy (non-hydrogen) atoms. The smallest absolute Gasteiger partial charge is 0.338 e. The Labute approximate surface area is 282 Å². The molecule has 0 amide bonds. The Morgan fingerprint density at radius 1 is 0.872 bits per heavy atom. The molecule has 0 saturated carbocycles. The minimum Gasteiger partial charge on any atom is -0.506 e.